The molecule has 0 aromatic heterocycles. The van der Waals surface area contributed by atoms with E-state index in [1.54, 1.807) is 17.7 Å². The third-order valence-electron chi connectivity index (χ3n) is 7.94. The number of allylic oxidation sites excluding steroid dienone is 4. The number of ether oxygens (including phenoxy) is 1. The molecule has 0 amide bonds. The van der Waals surface area contributed by atoms with Crippen LogP contribution in [0.3, 0.4) is 0 Å². The topological polar surface area (TPSA) is 9.23 Å². The first-order chi connectivity index (χ1) is 15.1. The van der Waals surface area contributed by atoms with Crippen LogP contribution >= 0.6 is 0 Å². The molecule has 1 aromatic rings. The highest BCUT2D eigenvalue weighted by Crippen LogP contribution is 2.53. The van der Waals surface area contributed by atoms with Gasteiger partial charge in [-0.15, -0.1) is 0 Å². The van der Waals surface area contributed by atoms with Crippen LogP contribution in [0.15, 0.2) is 29.9 Å². The van der Waals surface area contributed by atoms with E-state index in [1.165, 1.54) is 44.9 Å². The van der Waals surface area contributed by atoms with Crippen molar-refractivity contribution < 1.29 is 13.5 Å². The van der Waals surface area contributed by atoms with Crippen LogP contribution in [-0.4, -0.2) is 6.61 Å². The SMILES string of the molecule is CCCCCC1CCC2C(C3CC=C(c4ccc(OCCC)c(F)c4F)CC3)=CCC12. The largest absolute Gasteiger partial charge is 0.490 e. The third-order valence-corrected chi connectivity index (χ3v) is 7.94. The van der Waals surface area contributed by atoms with Gasteiger partial charge in [0.15, 0.2) is 11.6 Å². The van der Waals surface area contributed by atoms with Crippen LogP contribution in [0.4, 0.5) is 8.78 Å². The Kier molecular flexibility index (Phi) is 7.51. The van der Waals surface area contributed by atoms with Gasteiger partial charge in [0.1, 0.15) is 0 Å². The van der Waals surface area contributed by atoms with E-state index in [4.69, 9.17) is 4.74 Å². The number of fused-ring (bicyclic) bond motifs is 1. The second-order valence-corrected chi connectivity index (χ2v) is 9.83. The molecule has 0 aliphatic heterocycles. The average molecular weight is 429 g/mol. The quantitative estimate of drug-likeness (QED) is 0.283. The molecule has 0 bridgehead atoms. The second-order valence-electron chi connectivity index (χ2n) is 9.83. The van der Waals surface area contributed by atoms with Gasteiger partial charge in [0, 0.05) is 5.56 Å². The summed E-state index contributed by atoms with van der Waals surface area (Å²) in [4.78, 5) is 0. The molecule has 0 saturated heterocycles. The van der Waals surface area contributed by atoms with Gasteiger partial charge in [-0.05, 0) is 86.3 Å². The van der Waals surface area contributed by atoms with Gasteiger partial charge in [0.25, 0.3) is 0 Å². The van der Waals surface area contributed by atoms with Crippen molar-refractivity contribution in [2.75, 3.05) is 6.61 Å². The molecule has 1 fully saturated rings. The Bertz CT molecular complexity index is 825. The van der Waals surface area contributed by atoms with E-state index in [9.17, 15) is 8.78 Å². The van der Waals surface area contributed by atoms with E-state index in [0.717, 1.165) is 49.0 Å². The first kappa shape index (κ1) is 22.6. The fraction of sp³-hybridized carbons (Fsp3) is 0.643. The van der Waals surface area contributed by atoms with Crippen molar-refractivity contribution in [3.63, 3.8) is 0 Å². The molecule has 4 atom stereocenters. The predicted molar refractivity (Wildman–Crippen MR) is 124 cm³/mol. The molecule has 3 aliphatic carbocycles. The Balaban J connectivity index is 1.39. The molecule has 0 heterocycles. The maximum Gasteiger partial charge on any atom is 0.201 e. The standard InChI is InChI=1S/C28H38F2O/c1-3-5-6-7-19-12-13-25-22(19)14-15-23(25)20-8-10-21(11-9-20)24-16-17-26(31-18-4-2)28(30)27(24)29/h10,15-17,19-20,22,25H,3-9,11-14,18H2,1-2H3. The van der Waals surface area contributed by atoms with E-state index < -0.39 is 11.6 Å². The Labute approximate surface area is 187 Å². The van der Waals surface area contributed by atoms with Gasteiger partial charge >= 0.3 is 0 Å². The maximum atomic E-state index is 14.7. The Morgan fingerprint density at radius 2 is 1.81 bits per heavy atom. The lowest BCUT2D eigenvalue weighted by Gasteiger charge is -2.28. The van der Waals surface area contributed by atoms with Gasteiger partial charge in [-0.3, -0.25) is 0 Å². The van der Waals surface area contributed by atoms with Crippen molar-refractivity contribution in [3.05, 3.63) is 47.1 Å². The molecule has 170 valence electrons. The van der Waals surface area contributed by atoms with Gasteiger partial charge in [0.2, 0.25) is 5.82 Å². The summed E-state index contributed by atoms with van der Waals surface area (Å²) in [5, 5.41) is 0. The van der Waals surface area contributed by atoms with Crippen molar-refractivity contribution in [2.24, 2.45) is 23.7 Å². The van der Waals surface area contributed by atoms with E-state index in [2.05, 4.69) is 19.1 Å². The average Bonchev–Trinajstić information content (AvgIpc) is 3.38. The number of hydrogen-bond acceptors (Lipinski definition) is 1. The minimum atomic E-state index is -0.851. The number of halogens is 2. The molecule has 0 spiro atoms. The highest BCUT2D eigenvalue weighted by molar-refractivity contribution is 5.67. The Hall–Kier alpha value is -1.64. The molecule has 1 aromatic carbocycles. The molecular formula is C28H38F2O. The molecule has 4 unspecified atom stereocenters. The van der Waals surface area contributed by atoms with E-state index in [1.807, 2.05) is 6.92 Å². The lowest BCUT2D eigenvalue weighted by Crippen LogP contribution is -2.17. The van der Waals surface area contributed by atoms with Crippen molar-refractivity contribution in [3.8, 4) is 5.75 Å². The summed E-state index contributed by atoms with van der Waals surface area (Å²) in [5.41, 5.74) is 3.05. The van der Waals surface area contributed by atoms with Gasteiger partial charge in [0.05, 0.1) is 6.61 Å². The number of hydrogen-bond donors (Lipinski definition) is 0. The first-order valence-electron chi connectivity index (χ1n) is 12.6. The zero-order valence-electron chi connectivity index (χ0n) is 19.3. The van der Waals surface area contributed by atoms with Crippen LogP contribution in [0.2, 0.25) is 0 Å². The highest BCUT2D eigenvalue weighted by atomic mass is 19.2. The summed E-state index contributed by atoms with van der Waals surface area (Å²) >= 11 is 0. The normalized spacial score (nSPS) is 27.7. The molecule has 1 nitrogen and oxygen atoms in total. The number of benzene rings is 1. The molecule has 0 N–H and O–H groups in total. The lowest BCUT2D eigenvalue weighted by molar-refractivity contribution is 0.295. The summed E-state index contributed by atoms with van der Waals surface area (Å²) in [5.74, 6) is 1.59. The van der Waals surface area contributed by atoms with Crippen LogP contribution in [0.1, 0.15) is 90.0 Å². The molecule has 4 rings (SSSR count). The van der Waals surface area contributed by atoms with Crippen LogP contribution in [-0.2, 0) is 0 Å². The van der Waals surface area contributed by atoms with Crippen LogP contribution in [0.5, 0.6) is 5.75 Å². The van der Waals surface area contributed by atoms with Crippen LogP contribution in [0, 0.1) is 35.3 Å². The van der Waals surface area contributed by atoms with E-state index >= 15 is 0 Å². The van der Waals surface area contributed by atoms with Crippen molar-refractivity contribution in [1.29, 1.82) is 0 Å². The summed E-state index contributed by atoms with van der Waals surface area (Å²) < 4.78 is 34.5. The minimum Gasteiger partial charge on any atom is -0.490 e. The fourth-order valence-electron chi connectivity index (χ4n) is 6.31. The van der Waals surface area contributed by atoms with Crippen LogP contribution < -0.4 is 4.74 Å². The van der Waals surface area contributed by atoms with Crippen molar-refractivity contribution in [1.82, 2.24) is 0 Å². The molecular weight excluding hydrogens is 390 g/mol. The number of unbranched alkanes of at least 4 members (excludes halogenated alkanes) is 2. The summed E-state index contributed by atoms with van der Waals surface area (Å²) in [6.45, 7) is 4.63. The monoisotopic (exact) mass is 428 g/mol. The van der Waals surface area contributed by atoms with E-state index in [-0.39, 0.29) is 5.75 Å². The van der Waals surface area contributed by atoms with Gasteiger partial charge in [-0.25, -0.2) is 4.39 Å². The van der Waals surface area contributed by atoms with Crippen molar-refractivity contribution in [2.45, 2.75) is 84.5 Å². The van der Waals surface area contributed by atoms with Gasteiger partial charge in [-0.1, -0.05) is 57.3 Å². The van der Waals surface area contributed by atoms with Gasteiger partial charge < -0.3 is 4.74 Å². The smallest absolute Gasteiger partial charge is 0.201 e. The van der Waals surface area contributed by atoms with E-state index in [0.29, 0.717) is 18.1 Å². The fourth-order valence-corrected chi connectivity index (χ4v) is 6.31. The summed E-state index contributed by atoms with van der Waals surface area (Å²) in [6.07, 6.45) is 17.8. The lowest BCUT2D eigenvalue weighted by atomic mass is 9.77. The Morgan fingerprint density at radius 3 is 2.55 bits per heavy atom. The third kappa shape index (κ3) is 4.76. The van der Waals surface area contributed by atoms with Crippen molar-refractivity contribution >= 4 is 5.57 Å². The molecule has 3 aliphatic rings. The Morgan fingerprint density at radius 1 is 0.935 bits per heavy atom. The summed E-state index contributed by atoms with van der Waals surface area (Å²) in [7, 11) is 0. The minimum absolute atomic E-state index is 0.0225. The van der Waals surface area contributed by atoms with Gasteiger partial charge in [-0.2, -0.15) is 4.39 Å². The molecule has 31 heavy (non-hydrogen) atoms. The maximum absolute atomic E-state index is 14.7. The number of rotatable bonds is 9. The zero-order chi connectivity index (χ0) is 21.8. The molecule has 0 radical (unpaired) electrons. The zero-order valence-corrected chi connectivity index (χ0v) is 19.3. The summed E-state index contributed by atoms with van der Waals surface area (Å²) in [6, 6.07) is 3.27. The van der Waals surface area contributed by atoms with Crippen LogP contribution in [0.25, 0.3) is 5.57 Å². The highest BCUT2D eigenvalue weighted by Gasteiger charge is 2.42. The first-order valence-corrected chi connectivity index (χ1v) is 12.6. The molecule has 3 heteroatoms. The second kappa shape index (κ2) is 10.3. The predicted octanol–water partition coefficient (Wildman–Crippen LogP) is 8.49. The molecule has 1 saturated carbocycles.